The number of unbranched alkanes of at least 4 members (excludes halogenated alkanes) is 3. The van der Waals surface area contributed by atoms with Gasteiger partial charge in [0.1, 0.15) is 0 Å². The molecule has 0 atom stereocenters. The number of halogens is 4. The van der Waals surface area contributed by atoms with Crippen molar-refractivity contribution in [1.82, 2.24) is 0 Å². The van der Waals surface area contributed by atoms with Gasteiger partial charge in [-0.15, -0.1) is 0 Å². The molecule has 1 nitrogen and oxygen atoms in total. The van der Waals surface area contributed by atoms with Gasteiger partial charge in [0.25, 0.3) is 0 Å². The van der Waals surface area contributed by atoms with E-state index < -0.39 is 11.7 Å². The molecule has 0 aliphatic heterocycles. The fourth-order valence-electron chi connectivity index (χ4n) is 1.64. The van der Waals surface area contributed by atoms with Crippen LogP contribution in [-0.4, -0.2) is 6.54 Å². The number of hydrogen-bond acceptors (Lipinski definition) is 1. The predicted molar refractivity (Wildman–Crippen MR) is 71.8 cm³/mol. The summed E-state index contributed by atoms with van der Waals surface area (Å²) in [6.07, 6.45) is 0.0719. The van der Waals surface area contributed by atoms with E-state index in [4.69, 9.17) is 0 Å². The lowest BCUT2D eigenvalue weighted by molar-refractivity contribution is -0.138. The number of rotatable bonds is 6. The van der Waals surface area contributed by atoms with Crippen molar-refractivity contribution in [2.45, 2.75) is 38.8 Å². The van der Waals surface area contributed by atoms with Crippen LogP contribution >= 0.6 is 15.9 Å². The third-order valence-electron chi connectivity index (χ3n) is 2.63. The molecule has 0 heterocycles. The first-order valence-corrected chi connectivity index (χ1v) is 6.85. The summed E-state index contributed by atoms with van der Waals surface area (Å²) < 4.78 is 38.1. The normalized spacial score (nSPS) is 11.6. The maximum absolute atomic E-state index is 12.7. The zero-order valence-electron chi connectivity index (χ0n) is 10.3. The Bertz CT molecular complexity index is 377. The van der Waals surface area contributed by atoms with Gasteiger partial charge < -0.3 is 5.32 Å². The molecule has 0 aromatic heterocycles. The molecule has 0 aliphatic rings. The van der Waals surface area contributed by atoms with Crippen LogP contribution < -0.4 is 5.32 Å². The Morgan fingerprint density at radius 2 is 1.89 bits per heavy atom. The van der Waals surface area contributed by atoms with Gasteiger partial charge in [0.15, 0.2) is 0 Å². The van der Waals surface area contributed by atoms with Gasteiger partial charge in [-0.3, -0.25) is 0 Å². The van der Waals surface area contributed by atoms with Gasteiger partial charge in [-0.05, 0) is 24.6 Å². The highest BCUT2D eigenvalue weighted by molar-refractivity contribution is 9.10. The van der Waals surface area contributed by atoms with Crippen molar-refractivity contribution >= 4 is 21.6 Å². The van der Waals surface area contributed by atoms with Crippen LogP contribution in [0.4, 0.5) is 18.9 Å². The quantitative estimate of drug-likeness (QED) is 0.685. The Hall–Kier alpha value is -0.710. The fourth-order valence-corrected chi connectivity index (χ4v) is 2.11. The Morgan fingerprint density at radius 3 is 2.50 bits per heavy atom. The number of benzene rings is 1. The average Bonchev–Trinajstić information content (AvgIpc) is 2.29. The molecular weight excluding hydrogens is 307 g/mol. The van der Waals surface area contributed by atoms with Crippen molar-refractivity contribution in [3.63, 3.8) is 0 Å². The minimum absolute atomic E-state index is 0.0755. The van der Waals surface area contributed by atoms with Gasteiger partial charge in [-0.25, -0.2) is 0 Å². The lowest BCUT2D eigenvalue weighted by Gasteiger charge is -2.12. The van der Waals surface area contributed by atoms with Crippen LogP contribution in [-0.2, 0) is 6.18 Å². The van der Waals surface area contributed by atoms with Crippen LogP contribution in [0.5, 0.6) is 0 Å². The largest absolute Gasteiger partial charge is 0.417 e. The summed E-state index contributed by atoms with van der Waals surface area (Å²) in [7, 11) is 0. The van der Waals surface area contributed by atoms with Crippen molar-refractivity contribution in [3.05, 3.63) is 28.2 Å². The summed E-state index contributed by atoms with van der Waals surface area (Å²) in [5, 5.41) is 3.02. The Kier molecular flexibility index (Phi) is 5.99. The van der Waals surface area contributed by atoms with Crippen molar-refractivity contribution in [2.75, 3.05) is 11.9 Å². The predicted octanol–water partition coefficient (Wildman–Crippen LogP) is 5.46. The molecule has 102 valence electrons. The summed E-state index contributed by atoms with van der Waals surface area (Å²) in [5.74, 6) is 0. The van der Waals surface area contributed by atoms with E-state index in [9.17, 15) is 13.2 Å². The van der Waals surface area contributed by atoms with E-state index in [0.717, 1.165) is 31.7 Å². The van der Waals surface area contributed by atoms with Crippen LogP contribution in [0.2, 0.25) is 0 Å². The summed E-state index contributed by atoms with van der Waals surface area (Å²) >= 11 is 2.92. The molecule has 1 aromatic carbocycles. The summed E-state index contributed by atoms with van der Waals surface area (Å²) in [6.45, 7) is 2.83. The molecule has 18 heavy (non-hydrogen) atoms. The number of alkyl halides is 3. The molecule has 1 aromatic rings. The molecule has 0 radical (unpaired) electrons. The topological polar surface area (TPSA) is 12.0 Å². The van der Waals surface area contributed by atoms with E-state index in [1.54, 1.807) is 6.07 Å². The van der Waals surface area contributed by atoms with E-state index in [-0.39, 0.29) is 4.47 Å². The van der Waals surface area contributed by atoms with Crippen molar-refractivity contribution < 1.29 is 13.2 Å². The van der Waals surface area contributed by atoms with Crippen molar-refractivity contribution in [3.8, 4) is 0 Å². The van der Waals surface area contributed by atoms with Crippen LogP contribution in [0.1, 0.15) is 38.2 Å². The fraction of sp³-hybridized carbons (Fsp3) is 0.538. The summed E-state index contributed by atoms with van der Waals surface area (Å²) in [4.78, 5) is 0. The van der Waals surface area contributed by atoms with Crippen LogP contribution in [0, 0.1) is 0 Å². The van der Waals surface area contributed by atoms with Gasteiger partial charge >= 0.3 is 6.18 Å². The maximum Gasteiger partial charge on any atom is 0.417 e. The minimum atomic E-state index is -4.32. The molecule has 0 spiro atoms. The molecule has 0 saturated heterocycles. The van der Waals surface area contributed by atoms with Crippen LogP contribution in [0.25, 0.3) is 0 Å². The average molecular weight is 324 g/mol. The van der Waals surface area contributed by atoms with E-state index in [0.29, 0.717) is 12.2 Å². The Labute approximate surface area is 114 Å². The number of hydrogen-bond donors (Lipinski definition) is 1. The van der Waals surface area contributed by atoms with E-state index in [1.807, 2.05) is 0 Å². The zero-order chi connectivity index (χ0) is 13.6. The molecule has 5 heteroatoms. The first-order valence-electron chi connectivity index (χ1n) is 6.05. The highest BCUT2D eigenvalue weighted by atomic mass is 79.9. The first-order chi connectivity index (χ1) is 8.45. The Morgan fingerprint density at radius 1 is 1.17 bits per heavy atom. The van der Waals surface area contributed by atoms with Crippen molar-refractivity contribution in [1.29, 1.82) is 0 Å². The van der Waals surface area contributed by atoms with Gasteiger partial charge in [0.2, 0.25) is 0 Å². The van der Waals surface area contributed by atoms with E-state index in [1.165, 1.54) is 6.07 Å². The molecule has 0 unspecified atom stereocenters. The lowest BCUT2D eigenvalue weighted by Crippen LogP contribution is -2.08. The molecule has 0 amide bonds. The Balaban J connectivity index is 2.57. The molecule has 0 saturated carbocycles. The van der Waals surface area contributed by atoms with Gasteiger partial charge in [-0.1, -0.05) is 42.1 Å². The second-order valence-electron chi connectivity index (χ2n) is 4.18. The number of nitrogens with one attached hydrogen (secondary N) is 1. The lowest BCUT2D eigenvalue weighted by atomic mass is 10.2. The van der Waals surface area contributed by atoms with Crippen LogP contribution in [0.15, 0.2) is 22.7 Å². The molecule has 1 rings (SSSR count). The second-order valence-corrected chi connectivity index (χ2v) is 5.03. The smallest absolute Gasteiger partial charge is 0.385 e. The third-order valence-corrected chi connectivity index (χ3v) is 3.32. The van der Waals surface area contributed by atoms with Gasteiger partial charge in [0, 0.05) is 16.7 Å². The summed E-state index contributed by atoms with van der Waals surface area (Å²) in [6, 6.07) is 4.22. The minimum Gasteiger partial charge on any atom is -0.385 e. The maximum atomic E-state index is 12.7. The standard InChI is InChI=1S/C13H17BrF3N/c1-2-3-4-5-8-18-10-6-7-12(14)11(9-10)13(15,16)17/h6-7,9,18H,2-5,8H2,1H3. The van der Waals surface area contributed by atoms with E-state index >= 15 is 0 Å². The molecule has 0 bridgehead atoms. The zero-order valence-corrected chi connectivity index (χ0v) is 11.9. The highest BCUT2D eigenvalue weighted by Crippen LogP contribution is 2.36. The highest BCUT2D eigenvalue weighted by Gasteiger charge is 2.33. The van der Waals surface area contributed by atoms with Crippen molar-refractivity contribution in [2.24, 2.45) is 0 Å². The van der Waals surface area contributed by atoms with E-state index in [2.05, 4.69) is 28.2 Å². The van der Waals surface area contributed by atoms with Gasteiger partial charge in [-0.2, -0.15) is 13.2 Å². The van der Waals surface area contributed by atoms with Crippen LogP contribution in [0.3, 0.4) is 0 Å². The number of anilines is 1. The monoisotopic (exact) mass is 323 g/mol. The summed E-state index contributed by atoms with van der Waals surface area (Å²) in [5.41, 5.74) is -0.122. The molecule has 0 aliphatic carbocycles. The first kappa shape index (κ1) is 15.3. The second kappa shape index (κ2) is 7.02. The molecular formula is C13H17BrF3N. The molecule has 0 fully saturated rings. The SMILES string of the molecule is CCCCCCNc1ccc(Br)c(C(F)(F)F)c1. The third kappa shape index (κ3) is 4.88. The molecule has 1 N–H and O–H groups in total. The van der Waals surface area contributed by atoms with Gasteiger partial charge in [0.05, 0.1) is 5.56 Å².